The highest BCUT2D eigenvalue weighted by atomic mass is 16.5. The first kappa shape index (κ1) is 23.1. The summed E-state index contributed by atoms with van der Waals surface area (Å²) in [7, 11) is 1.24. The zero-order chi connectivity index (χ0) is 20.0. The summed E-state index contributed by atoms with van der Waals surface area (Å²) in [5, 5.41) is 12.0. The third-order valence-electron chi connectivity index (χ3n) is 3.79. The maximum Gasteiger partial charge on any atom is 0.326 e. The highest BCUT2D eigenvalue weighted by molar-refractivity contribution is 5.78. The second-order valence-corrected chi connectivity index (χ2v) is 8.32. The Morgan fingerprint density at radius 2 is 1.64 bits per heavy atom. The molecule has 1 unspecified atom stereocenters. The van der Waals surface area contributed by atoms with Gasteiger partial charge in [0.15, 0.2) is 0 Å². The van der Waals surface area contributed by atoms with E-state index in [1.54, 1.807) is 0 Å². The van der Waals surface area contributed by atoms with Crippen LogP contribution in [-0.2, 0) is 19.1 Å². The van der Waals surface area contributed by atoms with Gasteiger partial charge < -0.3 is 25.7 Å². The molecular weight excluding hydrogens is 324 g/mol. The molecule has 0 saturated heterocycles. The molecule has 0 radical (unpaired) electrons. The number of carbonyl (C=O) groups is 3. The number of hydrogen-bond donors (Lipinski definition) is 3. The molecule has 144 valence electrons. The van der Waals surface area contributed by atoms with Crippen molar-refractivity contribution in [2.45, 2.75) is 60.0 Å². The number of allylic oxidation sites excluding steroid dienone is 1. The van der Waals surface area contributed by atoms with E-state index >= 15 is 0 Å². The van der Waals surface area contributed by atoms with Crippen molar-refractivity contribution in [3.8, 4) is 0 Å². The summed E-state index contributed by atoms with van der Waals surface area (Å²) < 4.78 is 4.66. The third-order valence-corrected chi connectivity index (χ3v) is 3.79. The molecule has 7 heteroatoms. The maximum atomic E-state index is 11.7. The molecule has 0 aromatic carbocycles. The first-order valence-corrected chi connectivity index (χ1v) is 8.22. The molecule has 0 aliphatic rings. The molecule has 2 atom stereocenters. The molecule has 0 bridgehead atoms. The van der Waals surface area contributed by atoms with Gasteiger partial charge in [-0.25, -0.2) is 0 Å². The lowest BCUT2D eigenvalue weighted by Gasteiger charge is -2.43. The monoisotopic (exact) mass is 356 g/mol. The smallest absolute Gasteiger partial charge is 0.326 e. The Morgan fingerprint density at radius 3 is 1.96 bits per heavy atom. The van der Waals surface area contributed by atoms with Crippen LogP contribution in [0.2, 0.25) is 0 Å². The van der Waals surface area contributed by atoms with Crippen LogP contribution in [0.25, 0.3) is 0 Å². The first-order valence-electron chi connectivity index (χ1n) is 8.22. The molecule has 0 amide bonds. The predicted octanol–water partition coefficient (Wildman–Crippen LogP) is 1.71. The summed E-state index contributed by atoms with van der Waals surface area (Å²) >= 11 is 0. The van der Waals surface area contributed by atoms with Crippen LogP contribution in [-0.4, -0.2) is 42.5 Å². The van der Waals surface area contributed by atoms with Crippen LogP contribution in [0.15, 0.2) is 11.8 Å². The molecule has 0 aromatic rings. The lowest BCUT2D eigenvalue weighted by molar-refractivity contribution is -0.141. The fraction of sp³-hybridized carbons (Fsp3) is 0.722. The van der Waals surface area contributed by atoms with E-state index in [-0.39, 0.29) is 23.2 Å². The lowest BCUT2D eigenvalue weighted by Crippen LogP contribution is -2.44. The largest absolute Gasteiger partial charge is 0.481 e. The molecule has 0 aromatic heterocycles. The van der Waals surface area contributed by atoms with E-state index in [0.29, 0.717) is 12.0 Å². The number of carboxylic acids is 1. The number of carbonyl (C=O) groups excluding carboxylic acids is 2. The number of ether oxygens (including phenoxy) is 1. The Morgan fingerprint density at radius 1 is 1.16 bits per heavy atom. The fourth-order valence-electron chi connectivity index (χ4n) is 3.39. The normalized spacial score (nSPS) is 15.5. The summed E-state index contributed by atoms with van der Waals surface area (Å²) in [5.41, 5.74) is 5.98. The number of hydrogen-bond acceptors (Lipinski definition) is 6. The molecule has 0 spiro atoms. The van der Waals surface area contributed by atoms with E-state index in [1.165, 1.54) is 13.2 Å². The Hall–Kier alpha value is -1.89. The first-order chi connectivity index (χ1) is 11.2. The molecule has 0 heterocycles. The second kappa shape index (κ2) is 8.99. The Labute approximate surface area is 150 Å². The Balaban J connectivity index is 6.03. The summed E-state index contributed by atoms with van der Waals surface area (Å²) in [6, 6.07) is -1.93. The van der Waals surface area contributed by atoms with Gasteiger partial charge in [0.2, 0.25) is 0 Å². The van der Waals surface area contributed by atoms with Crippen molar-refractivity contribution in [3.63, 3.8) is 0 Å². The minimum absolute atomic E-state index is 0.119. The number of nitrogens with one attached hydrogen (secondary N) is 1. The second-order valence-electron chi connectivity index (χ2n) is 8.32. The van der Waals surface area contributed by atoms with Gasteiger partial charge in [-0.3, -0.25) is 9.59 Å². The number of rotatable bonds is 8. The van der Waals surface area contributed by atoms with Crippen molar-refractivity contribution in [1.82, 2.24) is 5.32 Å². The Kier molecular flexibility index (Phi) is 8.31. The van der Waals surface area contributed by atoms with Crippen LogP contribution in [0.3, 0.4) is 0 Å². The van der Waals surface area contributed by atoms with E-state index < -0.39 is 24.0 Å². The van der Waals surface area contributed by atoms with Gasteiger partial charge in [0.1, 0.15) is 12.3 Å². The van der Waals surface area contributed by atoms with Gasteiger partial charge in [0.25, 0.3) is 0 Å². The van der Waals surface area contributed by atoms with Gasteiger partial charge in [-0.1, -0.05) is 41.5 Å². The fourth-order valence-corrected chi connectivity index (χ4v) is 3.39. The summed E-state index contributed by atoms with van der Waals surface area (Å²) in [6.45, 7) is 12.2. The van der Waals surface area contributed by atoms with Gasteiger partial charge in [-0.05, 0) is 16.9 Å². The van der Waals surface area contributed by atoms with E-state index in [1.807, 2.05) is 41.5 Å². The third kappa shape index (κ3) is 7.69. The van der Waals surface area contributed by atoms with Crippen molar-refractivity contribution >= 4 is 18.2 Å². The number of methoxy groups -OCH3 is 1. The number of esters is 1. The number of aliphatic carboxylic acids is 1. The van der Waals surface area contributed by atoms with Crippen LogP contribution in [0.5, 0.6) is 0 Å². The van der Waals surface area contributed by atoms with Crippen LogP contribution in [0, 0.1) is 16.7 Å². The summed E-state index contributed by atoms with van der Waals surface area (Å²) in [4.78, 5) is 34.0. The Bertz CT molecular complexity index is 501. The van der Waals surface area contributed by atoms with E-state index in [4.69, 9.17) is 10.8 Å². The average molecular weight is 356 g/mol. The molecule has 25 heavy (non-hydrogen) atoms. The van der Waals surface area contributed by atoms with Crippen LogP contribution >= 0.6 is 0 Å². The number of nitrogens with two attached hydrogens (primary N) is 1. The summed E-state index contributed by atoms with van der Waals surface area (Å²) in [6.07, 6.45) is 1.70. The SMILES string of the molecule is COC(=O)C(N)C=C(N[C@@H](C=O)CC(=O)O)C(C(C)(C)C)C(C)(C)C. The van der Waals surface area contributed by atoms with Gasteiger partial charge in [0, 0.05) is 11.6 Å². The van der Waals surface area contributed by atoms with Gasteiger partial charge >= 0.3 is 11.9 Å². The minimum atomic E-state index is -1.09. The van der Waals surface area contributed by atoms with Crippen molar-refractivity contribution < 1.29 is 24.2 Å². The number of aldehydes is 1. The molecule has 7 nitrogen and oxygen atoms in total. The van der Waals surface area contributed by atoms with Crippen molar-refractivity contribution in [2.24, 2.45) is 22.5 Å². The zero-order valence-electron chi connectivity index (χ0n) is 16.3. The highest BCUT2D eigenvalue weighted by Gasteiger charge is 2.39. The van der Waals surface area contributed by atoms with Gasteiger partial charge in [-0.2, -0.15) is 0 Å². The van der Waals surface area contributed by atoms with Gasteiger partial charge in [0.05, 0.1) is 19.6 Å². The zero-order valence-corrected chi connectivity index (χ0v) is 16.3. The maximum absolute atomic E-state index is 11.7. The van der Waals surface area contributed by atoms with Crippen molar-refractivity contribution in [2.75, 3.05) is 7.11 Å². The highest BCUT2D eigenvalue weighted by Crippen LogP contribution is 2.44. The predicted molar refractivity (Wildman–Crippen MR) is 95.7 cm³/mol. The average Bonchev–Trinajstić information content (AvgIpc) is 2.41. The van der Waals surface area contributed by atoms with Gasteiger partial charge in [-0.15, -0.1) is 0 Å². The van der Waals surface area contributed by atoms with Crippen molar-refractivity contribution in [3.05, 3.63) is 11.8 Å². The standard InChI is InChI=1S/C18H32N2O5/c1-17(2,3)15(18(4,5)6)13(9-12(19)16(24)25-7)20-11(10-21)8-14(22)23/h9-12,15,20H,8,19H2,1-7H3,(H,22,23)/t11-,12?/m1/s1. The van der Waals surface area contributed by atoms with E-state index in [2.05, 4.69) is 10.1 Å². The molecule has 0 aliphatic carbocycles. The topological polar surface area (TPSA) is 119 Å². The van der Waals surface area contributed by atoms with Crippen LogP contribution in [0.1, 0.15) is 48.0 Å². The minimum Gasteiger partial charge on any atom is -0.481 e. The lowest BCUT2D eigenvalue weighted by atomic mass is 9.64. The van der Waals surface area contributed by atoms with Crippen molar-refractivity contribution in [1.29, 1.82) is 0 Å². The quantitative estimate of drug-likeness (QED) is 0.447. The number of carboxylic acid groups (broad SMARTS) is 1. The molecular formula is C18H32N2O5. The van der Waals surface area contributed by atoms with E-state index in [0.717, 1.165) is 0 Å². The molecule has 0 saturated carbocycles. The molecule has 0 aliphatic heterocycles. The summed E-state index contributed by atoms with van der Waals surface area (Å²) in [5.74, 6) is -1.82. The molecule has 0 rings (SSSR count). The van der Waals surface area contributed by atoms with Crippen LogP contribution < -0.4 is 11.1 Å². The van der Waals surface area contributed by atoms with E-state index in [9.17, 15) is 14.4 Å². The van der Waals surface area contributed by atoms with Crippen LogP contribution in [0.4, 0.5) is 0 Å². The molecule has 4 N–H and O–H groups in total. The molecule has 0 fully saturated rings.